The van der Waals surface area contributed by atoms with Crippen LogP contribution in [0.5, 0.6) is 0 Å². The standard InChI is InChI=1S/C16H22N2O2/c1-12-9-10-17-11-14(12)18-16(20)8-7-15(19)13-5-3-2-4-6-13/h2-6,12,14,17H,7-11H2,1H3,(H,18,20). The summed E-state index contributed by atoms with van der Waals surface area (Å²) >= 11 is 0. The molecule has 0 aromatic heterocycles. The number of hydrogen-bond acceptors (Lipinski definition) is 3. The van der Waals surface area contributed by atoms with Crippen LogP contribution in [0.1, 0.15) is 36.5 Å². The number of rotatable bonds is 5. The number of benzene rings is 1. The molecular formula is C16H22N2O2. The van der Waals surface area contributed by atoms with Crippen molar-refractivity contribution in [1.82, 2.24) is 10.6 Å². The Morgan fingerprint density at radius 1 is 1.25 bits per heavy atom. The minimum atomic E-state index is -0.0326. The van der Waals surface area contributed by atoms with Gasteiger partial charge in [0.1, 0.15) is 0 Å². The Kier molecular flexibility index (Phi) is 5.30. The Labute approximate surface area is 119 Å². The van der Waals surface area contributed by atoms with Gasteiger partial charge in [-0.25, -0.2) is 0 Å². The Bertz CT molecular complexity index is 459. The van der Waals surface area contributed by atoms with Crippen LogP contribution in [-0.2, 0) is 4.79 Å². The van der Waals surface area contributed by atoms with Crippen molar-refractivity contribution in [1.29, 1.82) is 0 Å². The van der Waals surface area contributed by atoms with Gasteiger partial charge in [-0.15, -0.1) is 0 Å². The largest absolute Gasteiger partial charge is 0.352 e. The predicted molar refractivity (Wildman–Crippen MR) is 78.6 cm³/mol. The van der Waals surface area contributed by atoms with Gasteiger partial charge in [0.2, 0.25) is 5.91 Å². The average Bonchev–Trinajstić information content (AvgIpc) is 2.48. The smallest absolute Gasteiger partial charge is 0.220 e. The van der Waals surface area contributed by atoms with Gasteiger partial charge in [0.05, 0.1) is 0 Å². The highest BCUT2D eigenvalue weighted by atomic mass is 16.2. The monoisotopic (exact) mass is 274 g/mol. The number of hydrogen-bond donors (Lipinski definition) is 2. The second-order valence-electron chi connectivity index (χ2n) is 5.43. The molecule has 1 heterocycles. The first kappa shape index (κ1) is 14.7. The number of piperidine rings is 1. The summed E-state index contributed by atoms with van der Waals surface area (Å²) in [5.74, 6) is 0.482. The van der Waals surface area contributed by atoms with E-state index < -0.39 is 0 Å². The van der Waals surface area contributed by atoms with Crippen LogP contribution in [0.15, 0.2) is 30.3 Å². The first-order chi connectivity index (χ1) is 9.66. The topological polar surface area (TPSA) is 58.2 Å². The number of amides is 1. The highest BCUT2D eigenvalue weighted by Gasteiger charge is 2.22. The molecule has 1 saturated heterocycles. The molecule has 2 atom stereocenters. The summed E-state index contributed by atoms with van der Waals surface area (Å²) in [6.07, 6.45) is 1.61. The Hall–Kier alpha value is -1.68. The zero-order chi connectivity index (χ0) is 14.4. The lowest BCUT2D eigenvalue weighted by Gasteiger charge is -2.30. The first-order valence-electron chi connectivity index (χ1n) is 7.25. The predicted octanol–water partition coefficient (Wildman–Crippen LogP) is 1.76. The summed E-state index contributed by atoms with van der Waals surface area (Å²) in [6, 6.07) is 9.30. The second kappa shape index (κ2) is 7.20. The van der Waals surface area contributed by atoms with Crippen LogP contribution in [0.25, 0.3) is 0 Å². The quantitative estimate of drug-likeness (QED) is 0.804. The van der Waals surface area contributed by atoms with Crippen molar-refractivity contribution in [3.8, 4) is 0 Å². The summed E-state index contributed by atoms with van der Waals surface area (Å²) in [5, 5.41) is 6.30. The minimum Gasteiger partial charge on any atom is -0.352 e. The second-order valence-corrected chi connectivity index (χ2v) is 5.43. The van der Waals surface area contributed by atoms with E-state index in [1.54, 1.807) is 12.1 Å². The molecule has 4 nitrogen and oxygen atoms in total. The van der Waals surface area contributed by atoms with Crippen LogP contribution in [0.4, 0.5) is 0 Å². The van der Waals surface area contributed by atoms with Crippen LogP contribution >= 0.6 is 0 Å². The molecule has 0 saturated carbocycles. The zero-order valence-electron chi connectivity index (χ0n) is 11.9. The van der Waals surface area contributed by atoms with Crippen molar-refractivity contribution in [2.75, 3.05) is 13.1 Å². The van der Waals surface area contributed by atoms with E-state index in [-0.39, 0.29) is 30.6 Å². The van der Waals surface area contributed by atoms with Gasteiger partial charge in [0.15, 0.2) is 5.78 Å². The summed E-state index contributed by atoms with van der Waals surface area (Å²) in [7, 11) is 0. The van der Waals surface area contributed by atoms with Gasteiger partial charge in [-0.3, -0.25) is 9.59 Å². The number of ketones is 1. The van der Waals surface area contributed by atoms with Crippen molar-refractivity contribution in [2.45, 2.75) is 32.2 Å². The number of Topliss-reactive ketones (excluding diaryl/α,β-unsaturated/α-hetero) is 1. The van der Waals surface area contributed by atoms with Gasteiger partial charge < -0.3 is 10.6 Å². The number of carbonyl (C=O) groups excluding carboxylic acids is 2. The molecular weight excluding hydrogens is 252 g/mol. The highest BCUT2D eigenvalue weighted by Crippen LogP contribution is 2.12. The fourth-order valence-electron chi connectivity index (χ4n) is 2.46. The minimum absolute atomic E-state index is 0.0237. The van der Waals surface area contributed by atoms with Crippen LogP contribution in [0.3, 0.4) is 0 Å². The summed E-state index contributed by atoms with van der Waals surface area (Å²) in [5.41, 5.74) is 0.674. The highest BCUT2D eigenvalue weighted by molar-refractivity contribution is 5.97. The van der Waals surface area contributed by atoms with E-state index in [4.69, 9.17) is 0 Å². The molecule has 1 aromatic carbocycles. The van der Waals surface area contributed by atoms with E-state index in [1.807, 2.05) is 18.2 Å². The third-order valence-corrected chi connectivity index (χ3v) is 3.85. The van der Waals surface area contributed by atoms with Crippen molar-refractivity contribution >= 4 is 11.7 Å². The lowest BCUT2D eigenvalue weighted by Crippen LogP contribution is -2.50. The van der Waals surface area contributed by atoms with Gasteiger partial charge in [-0.05, 0) is 18.9 Å². The van der Waals surface area contributed by atoms with E-state index in [1.165, 1.54) is 0 Å². The maximum Gasteiger partial charge on any atom is 0.220 e. The van der Waals surface area contributed by atoms with Gasteiger partial charge in [0.25, 0.3) is 0 Å². The van der Waals surface area contributed by atoms with E-state index in [2.05, 4.69) is 17.6 Å². The molecule has 1 aliphatic heterocycles. The first-order valence-corrected chi connectivity index (χ1v) is 7.25. The average molecular weight is 274 g/mol. The normalized spacial score (nSPS) is 22.2. The molecule has 2 rings (SSSR count). The lowest BCUT2D eigenvalue weighted by molar-refractivity contribution is -0.122. The van der Waals surface area contributed by atoms with Crippen molar-refractivity contribution in [2.24, 2.45) is 5.92 Å². The fraction of sp³-hybridized carbons (Fsp3) is 0.500. The summed E-state index contributed by atoms with van der Waals surface area (Å²) in [4.78, 5) is 23.8. The van der Waals surface area contributed by atoms with Crippen molar-refractivity contribution < 1.29 is 9.59 Å². The van der Waals surface area contributed by atoms with Crippen molar-refractivity contribution in [3.63, 3.8) is 0 Å². The Morgan fingerprint density at radius 2 is 2.00 bits per heavy atom. The Balaban J connectivity index is 1.76. The van der Waals surface area contributed by atoms with Crippen LogP contribution in [-0.4, -0.2) is 30.8 Å². The van der Waals surface area contributed by atoms with Gasteiger partial charge in [0, 0.05) is 31.0 Å². The zero-order valence-corrected chi connectivity index (χ0v) is 11.9. The van der Waals surface area contributed by atoms with Gasteiger partial charge in [-0.2, -0.15) is 0 Å². The van der Waals surface area contributed by atoms with Gasteiger partial charge in [-0.1, -0.05) is 37.3 Å². The fourth-order valence-corrected chi connectivity index (χ4v) is 2.46. The molecule has 4 heteroatoms. The molecule has 20 heavy (non-hydrogen) atoms. The van der Waals surface area contributed by atoms with Crippen LogP contribution in [0, 0.1) is 5.92 Å². The van der Waals surface area contributed by atoms with Gasteiger partial charge >= 0.3 is 0 Å². The molecule has 1 aromatic rings. The van der Waals surface area contributed by atoms with Crippen LogP contribution in [0.2, 0.25) is 0 Å². The molecule has 2 unspecified atom stereocenters. The van der Waals surface area contributed by atoms with E-state index in [0.29, 0.717) is 11.5 Å². The Morgan fingerprint density at radius 3 is 2.70 bits per heavy atom. The lowest BCUT2D eigenvalue weighted by atomic mass is 9.94. The number of carbonyl (C=O) groups is 2. The molecule has 1 aliphatic rings. The number of nitrogens with one attached hydrogen (secondary N) is 2. The van der Waals surface area contributed by atoms with Crippen molar-refractivity contribution in [3.05, 3.63) is 35.9 Å². The molecule has 0 radical (unpaired) electrons. The van der Waals surface area contributed by atoms with E-state index in [9.17, 15) is 9.59 Å². The third kappa shape index (κ3) is 4.17. The maximum absolute atomic E-state index is 11.9. The summed E-state index contributed by atoms with van der Waals surface area (Å²) < 4.78 is 0. The summed E-state index contributed by atoms with van der Waals surface area (Å²) in [6.45, 7) is 3.99. The molecule has 0 bridgehead atoms. The maximum atomic E-state index is 11.9. The molecule has 108 valence electrons. The van der Waals surface area contributed by atoms with Crippen LogP contribution < -0.4 is 10.6 Å². The molecule has 0 spiro atoms. The molecule has 1 fully saturated rings. The third-order valence-electron chi connectivity index (χ3n) is 3.85. The van der Waals surface area contributed by atoms with E-state index in [0.717, 1.165) is 19.5 Å². The molecule has 2 N–H and O–H groups in total. The van der Waals surface area contributed by atoms with E-state index >= 15 is 0 Å². The SMILES string of the molecule is CC1CCNCC1NC(=O)CCC(=O)c1ccccc1. The molecule has 1 amide bonds. The molecule has 0 aliphatic carbocycles.